The zero-order chi connectivity index (χ0) is 15.6. The van der Waals surface area contributed by atoms with Gasteiger partial charge in [-0.1, -0.05) is 13.8 Å². The van der Waals surface area contributed by atoms with Crippen molar-refractivity contribution in [1.82, 2.24) is 14.5 Å². The van der Waals surface area contributed by atoms with Crippen LogP contribution in [0.25, 0.3) is 11.2 Å². The molecule has 21 heavy (non-hydrogen) atoms. The van der Waals surface area contributed by atoms with E-state index in [9.17, 15) is 9.90 Å². The van der Waals surface area contributed by atoms with Crippen LogP contribution in [0, 0.1) is 12.8 Å². The summed E-state index contributed by atoms with van der Waals surface area (Å²) in [5.41, 5.74) is 1.74. The maximum atomic E-state index is 11.5. The van der Waals surface area contributed by atoms with Gasteiger partial charge in [0.15, 0.2) is 16.9 Å². The number of aromatic carboxylic acids is 1. The lowest BCUT2D eigenvalue weighted by molar-refractivity contribution is 0.0691. The van der Waals surface area contributed by atoms with E-state index in [1.54, 1.807) is 13.3 Å². The van der Waals surface area contributed by atoms with Crippen molar-refractivity contribution in [2.24, 2.45) is 5.92 Å². The van der Waals surface area contributed by atoms with Gasteiger partial charge in [0.05, 0.1) is 18.6 Å². The fourth-order valence-electron chi connectivity index (χ4n) is 2.17. The van der Waals surface area contributed by atoms with Crippen LogP contribution in [0.2, 0.25) is 0 Å². The number of hydrogen-bond donors (Lipinski definition) is 1. The predicted octanol–water partition coefficient (Wildman–Crippen LogP) is 2.88. The number of aromatic nitrogens is 3. The Bertz CT molecular complexity index is 662. The second-order valence-electron chi connectivity index (χ2n) is 5.44. The van der Waals surface area contributed by atoms with Gasteiger partial charge in [0, 0.05) is 6.54 Å². The number of rotatable bonds is 6. The molecule has 0 fully saturated rings. The summed E-state index contributed by atoms with van der Waals surface area (Å²) in [4.78, 5) is 20.2. The zero-order valence-electron chi connectivity index (χ0n) is 12.9. The molecule has 0 aliphatic carbocycles. The molecule has 2 aromatic heterocycles. The molecule has 0 amide bonds. The number of fused-ring (bicyclic) bond motifs is 1. The average molecular weight is 291 g/mol. The van der Waals surface area contributed by atoms with Crippen molar-refractivity contribution < 1.29 is 14.6 Å². The van der Waals surface area contributed by atoms with Crippen LogP contribution in [0.4, 0.5) is 0 Å². The Labute approximate surface area is 123 Å². The van der Waals surface area contributed by atoms with E-state index < -0.39 is 5.97 Å². The molecule has 0 spiro atoms. The minimum absolute atomic E-state index is 0.104. The number of hydrogen-bond acceptors (Lipinski definition) is 4. The summed E-state index contributed by atoms with van der Waals surface area (Å²) in [6.45, 7) is 9.06. The number of imidazole rings is 1. The van der Waals surface area contributed by atoms with E-state index in [2.05, 4.69) is 23.8 Å². The molecule has 114 valence electrons. The van der Waals surface area contributed by atoms with Gasteiger partial charge in [0.25, 0.3) is 0 Å². The van der Waals surface area contributed by atoms with E-state index in [4.69, 9.17) is 4.74 Å². The summed E-state index contributed by atoms with van der Waals surface area (Å²) in [6.07, 6.45) is 2.52. The van der Waals surface area contributed by atoms with Crippen molar-refractivity contribution in [1.29, 1.82) is 0 Å². The Morgan fingerprint density at radius 1 is 1.48 bits per heavy atom. The Balaban J connectivity index is 2.53. The summed E-state index contributed by atoms with van der Waals surface area (Å²) in [5, 5.41) is 9.42. The van der Waals surface area contributed by atoms with Crippen molar-refractivity contribution in [3.05, 3.63) is 17.6 Å². The lowest BCUT2D eigenvalue weighted by Gasteiger charge is -2.13. The predicted molar refractivity (Wildman–Crippen MR) is 79.8 cm³/mol. The second kappa shape index (κ2) is 6.11. The molecular formula is C15H21N3O3. The van der Waals surface area contributed by atoms with Crippen molar-refractivity contribution >= 4 is 17.1 Å². The first kappa shape index (κ1) is 15.3. The highest BCUT2D eigenvalue weighted by Gasteiger charge is 2.22. The number of carboxylic acid groups (broad SMARTS) is 1. The molecule has 2 rings (SSSR count). The van der Waals surface area contributed by atoms with Crippen molar-refractivity contribution in [2.75, 3.05) is 6.61 Å². The molecule has 0 aliphatic rings. The summed E-state index contributed by atoms with van der Waals surface area (Å²) in [7, 11) is 0. The van der Waals surface area contributed by atoms with Crippen LogP contribution >= 0.6 is 0 Å². The summed E-state index contributed by atoms with van der Waals surface area (Å²) in [6, 6.07) is 0. The van der Waals surface area contributed by atoms with Gasteiger partial charge in [-0.25, -0.2) is 14.8 Å². The largest absolute Gasteiger partial charge is 0.490 e. The van der Waals surface area contributed by atoms with Gasteiger partial charge in [-0.15, -0.1) is 0 Å². The van der Waals surface area contributed by atoms with E-state index in [0.717, 1.165) is 13.0 Å². The van der Waals surface area contributed by atoms with E-state index >= 15 is 0 Å². The standard InChI is InChI=1S/C15H21N3O3/c1-5-18-8-16-12-13(21-7-6-9(2)3)11(15(19)20)10(4)17-14(12)18/h8-9H,5-7H2,1-4H3,(H,19,20). The van der Waals surface area contributed by atoms with Crippen LogP contribution in [-0.2, 0) is 6.54 Å². The smallest absolute Gasteiger partial charge is 0.341 e. The van der Waals surface area contributed by atoms with Gasteiger partial charge in [-0.3, -0.25) is 0 Å². The maximum absolute atomic E-state index is 11.5. The van der Waals surface area contributed by atoms with Crippen LogP contribution < -0.4 is 4.74 Å². The van der Waals surface area contributed by atoms with Crippen molar-refractivity contribution in [2.45, 2.75) is 40.7 Å². The molecule has 0 aromatic carbocycles. The number of carboxylic acids is 1. The van der Waals surface area contributed by atoms with Crippen LogP contribution in [0.3, 0.4) is 0 Å². The molecule has 6 heteroatoms. The van der Waals surface area contributed by atoms with Gasteiger partial charge in [-0.2, -0.15) is 0 Å². The topological polar surface area (TPSA) is 77.2 Å². The van der Waals surface area contributed by atoms with E-state index in [0.29, 0.717) is 35.1 Å². The monoisotopic (exact) mass is 291 g/mol. The molecule has 6 nitrogen and oxygen atoms in total. The molecule has 0 atom stereocenters. The molecule has 0 aliphatic heterocycles. The highest BCUT2D eigenvalue weighted by molar-refractivity contribution is 5.98. The summed E-state index contributed by atoms with van der Waals surface area (Å²) < 4.78 is 7.64. The van der Waals surface area contributed by atoms with Crippen molar-refractivity contribution in [3.8, 4) is 5.75 Å². The van der Waals surface area contributed by atoms with E-state index in [1.807, 2.05) is 11.5 Å². The fraction of sp³-hybridized carbons (Fsp3) is 0.533. The number of aryl methyl sites for hydroxylation is 2. The molecule has 1 N–H and O–H groups in total. The third-order valence-electron chi connectivity index (χ3n) is 3.38. The Morgan fingerprint density at radius 3 is 2.76 bits per heavy atom. The normalized spacial score (nSPS) is 11.3. The average Bonchev–Trinajstić information content (AvgIpc) is 2.80. The second-order valence-corrected chi connectivity index (χ2v) is 5.44. The molecule has 0 bridgehead atoms. The van der Waals surface area contributed by atoms with Gasteiger partial charge < -0.3 is 14.4 Å². The lowest BCUT2D eigenvalue weighted by atomic mass is 10.1. The Hall–Kier alpha value is -2.11. The Morgan fingerprint density at radius 2 is 2.19 bits per heavy atom. The van der Waals surface area contributed by atoms with Gasteiger partial charge >= 0.3 is 5.97 Å². The molecule has 0 radical (unpaired) electrons. The van der Waals surface area contributed by atoms with E-state index in [-0.39, 0.29) is 5.56 Å². The van der Waals surface area contributed by atoms with Gasteiger partial charge in [-0.05, 0) is 26.2 Å². The number of carbonyl (C=O) groups is 1. The molecule has 2 heterocycles. The quantitative estimate of drug-likeness (QED) is 0.885. The van der Waals surface area contributed by atoms with Crippen LogP contribution in [0.15, 0.2) is 6.33 Å². The Kier molecular flexibility index (Phi) is 4.45. The molecular weight excluding hydrogens is 270 g/mol. The minimum atomic E-state index is -1.03. The molecule has 0 unspecified atom stereocenters. The first-order valence-corrected chi connectivity index (χ1v) is 7.17. The third-order valence-corrected chi connectivity index (χ3v) is 3.38. The molecule has 0 saturated carbocycles. The number of pyridine rings is 1. The van der Waals surface area contributed by atoms with E-state index in [1.165, 1.54) is 0 Å². The maximum Gasteiger partial charge on any atom is 0.341 e. The fourth-order valence-corrected chi connectivity index (χ4v) is 2.17. The van der Waals surface area contributed by atoms with Crippen LogP contribution in [0.5, 0.6) is 5.75 Å². The SMILES string of the molecule is CCn1cnc2c(OCCC(C)C)c(C(=O)O)c(C)nc21. The highest BCUT2D eigenvalue weighted by atomic mass is 16.5. The molecule has 2 aromatic rings. The number of ether oxygens (including phenoxy) is 1. The first-order valence-electron chi connectivity index (χ1n) is 7.17. The van der Waals surface area contributed by atoms with Gasteiger partial charge in [0.2, 0.25) is 0 Å². The van der Waals surface area contributed by atoms with Crippen LogP contribution in [0.1, 0.15) is 43.2 Å². The lowest BCUT2D eigenvalue weighted by Crippen LogP contribution is -2.10. The minimum Gasteiger partial charge on any atom is -0.490 e. The zero-order valence-corrected chi connectivity index (χ0v) is 12.9. The first-order chi connectivity index (χ1) is 9.95. The third kappa shape index (κ3) is 2.99. The summed E-state index contributed by atoms with van der Waals surface area (Å²) in [5.74, 6) is -0.213. The summed E-state index contributed by atoms with van der Waals surface area (Å²) >= 11 is 0. The molecule has 0 saturated heterocycles. The van der Waals surface area contributed by atoms with Crippen LogP contribution in [-0.4, -0.2) is 32.2 Å². The van der Waals surface area contributed by atoms with Crippen molar-refractivity contribution in [3.63, 3.8) is 0 Å². The number of nitrogens with zero attached hydrogens (tertiary/aromatic N) is 3. The van der Waals surface area contributed by atoms with Gasteiger partial charge in [0.1, 0.15) is 5.56 Å². The highest BCUT2D eigenvalue weighted by Crippen LogP contribution is 2.30.